The van der Waals surface area contributed by atoms with Crippen LogP contribution in [0.4, 0.5) is 0 Å². The number of hydrogen-bond acceptors (Lipinski definition) is 2. The van der Waals surface area contributed by atoms with Crippen molar-refractivity contribution < 1.29 is 0 Å². The van der Waals surface area contributed by atoms with Gasteiger partial charge in [-0.15, -0.1) is 0 Å². The van der Waals surface area contributed by atoms with Gasteiger partial charge in [-0.1, -0.05) is 60.3 Å². The van der Waals surface area contributed by atoms with E-state index in [1.165, 1.54) is 36.8 Å². The molecule has 1 aliphatic carbocycles. The predicted molar refractivity (Wildman–Crippen MR) is 103 cm³/mol. The maximum atomic E-state index is 5.95. The molecule has 0 radical (unpaired) electrons. The van der Waals surface area contributed by atoms with E-state index in [0.717, 1.165) is 23.1 Å². The van der Waals surface area contributed by atoms with Crippen molar-refractivity contribution in [1.29, 1.82) is 0 Å². The molecule has 0 amide bonds. The minimum atomic E-state index is 0.515. The van der Waals surface area contributed by atoms with Crippen molar-refractivity contribution in [2.75, 3.05) is 0 Å². The van der Waals surface area contributed by atoms with Crippen molar-refractivity contribution in [3.8, 4) is 0 Å². The van der Waals surface area contributed by atoms with Gasteiger partial charge >= 0.3 is 0 Å². The van der Waals surface area contributed by atoms with Gasteiger partial charge in [-0.05, 0) is 48.2 Å². The number of halogens is 2. The SMILES string of the molecule is Clc1ccc(CNC2CCCCC2NCc2ccc(Cl)cc2)cc1. The highest BCUT2D eigenvalue weighted by Gasteiger charge is 2.24. The number of hydrogen-bond donors (Lipinski definition) is 2. The molecule has 24 heavy (non-hydrogen) atoms. The Morgan fingerprint density at radius 2 is 1.04 bits per heavy atom. The maximum Gasteiger partial charge on any atom is 0.0406 e. The minimum absolute atomic E-state index is 0.515. The van der Waals surface area contributed by atoms with Gasteiger partial charge < -0.3 is 10.6 Å². The fraction of sp³-hybridized carbons (Fsp3) is 0.400. The third-order valence-electron chi connectivity index (χ3n) is 4.73. The van der Waals surface area contributed by atoms with Crippen molar-refractivity contribution in [1.82, 2.24) is 10.6 Å². The molecule has 2 atom stereocenters. The summed E-state index contributed by atoms with van der Waals surface area (Å²) in [4.78, 5) is 0. The van der Waals surface area contributed by atoms with Gasteiger partial charge in [-0.25, -0.2) is 0 Å². The Kier molecular flexibility index (Phi) is 6.56. The average Bonchev–Trinajstić information content (AvgIpc) is 2.61. The number of benzene rings is 2. The molecule has 2 N–H and O–H groups in total. The molecule has 0 heterocycles. The second-order valence-electron chi connectivity index (χ2n) is 6.51. The van der Waals surface area contributed by atoms with Crippen molar-refractivity contribution in [2.24, 2.45) is 0 Å². The van der Waals surface area contributed by atoms with Crippen molar-refractivity contribution in [3.63, 3.8) is 0 Å². The summed E-state index contributed by atoms with van der Waals surface area (Å²) < 4.78 is 0. The van der Waals surface area contributed by atoms with E-state index in [0.29, 0.717) is 12.1 Å². The first-order valence-corrected chi connectivity index (χ1v) is 9.42. The summed E-state index contributed by atoms with van der Waals surface area (Å²) in [5.74, 6) is 0. The molecule has 4 heteroatoms. The van der Waals surface area contributed by atoms with Crippen LogP contribution in [0.5, 0.6) is 0 Å². The predicted octanol–water partition coefficient (Wildman–Crippen LogP) is 5.18. The molecule has 0 aliphatic heterocycles. The zero-order valence-corrected chi connectivity index (χ0v) is 15.3. The average molecular weight is 363 g/mol. The van der Waals surface area contributed by atoms with Crippen LogP contribution in [0.2, 0.25) is 10.0 Å². The smallest absolute Gasteiger partial charge is 0.0406 e. The number of rotatable bonds is 6. The lowest BCUT2D eigenvalue weighted by Crippen LogP contribution is -2.49. The van der Waals surface area contributed by atoms with Crippen LogP contribution in [0.1, 0.15) is 36.8 Å². The van der Waals surface area contributed by atoms with E-state index in [4.69, 9.17) is 23.2 Å². The Labute approximate surface area is 154 Å². The third kappa shape index (κ3) is 5.22. The molecule has 0 saturated heterocycles. The maximum absolute atomic E-state index is 5.95. The molecule has 2 nitrogen and oxygen atoms in total. The molecule has 2 unspecified atom stereocenters. The van der Waals surface area contributed by atoms with Gasteiger partial charge in [-0.3, -0.25) is 0 Å². The second kappa shape index (κ2) is 8.87. The van der Waals surface area contributed by atoms with Crippen molar-refractivity contribution >= 4 is 23.2 Å². The van der Waals surface area contributed by atoms with Crippen LogP contribution >= 0.6 is 23.2 Å². The van der Waals surface area contributed by atoms with Gasteiger partial charge in [0.25, 0.3) is 0 Å². The van der Waals surface area contributed by atoms with E-state index in [1.54, 1.807) is 0 Å². The molecule has 2 aromatic rings. The molecule has 0 spiro atoms. The summed E-state index contributed by atoms with van der Waals surface area (Å²) in [5, 5.41) is 9.03. The van der Waals surface area contributed by atoms with Crippen LogP contribution in [0, 0.1) is 0 Å². The van der Waals surface area contributed by atoms with Gasteiger partial charge in [0, 0.05) is 35.2 Å². The zero-order valence-electron chi connectivity index (χ0n) is 13.8. The van der Waals surface area contributed by atoms with E-state index in [9.17, 15) is 0 Å². The highest BCUT2D eigenvalue weighted by Crippen LogP contribution is 2.20. The summed E-state index contributed by atoms with van der Waals surface area (Å²) in [6.07, 6.45) is 5.06. The Bertz CT molecular complexity index is 568. The molecular weight excluding hydrogens is 339 g/mol. The quantitative estimate of drug-likeness (QED) is 0.739. The molecule has 1 saturated carbocycles. The second-order valence-corrected chi connectivity index (χ2v) is 7.39. The minimum Gasteiger partial charge on any atom is -0.308 e. The van der Waals surface area contributed by atoms with E-state index < -0.39 is 0 Å². The van der Waals surface area contributed by atoms with E-state index in [-0.39, 0.29) is 0 Å². The normalized spacial score (nSPS) is 20.9. The lowest BCUT2D eigenvalue weighted by molar-refractivity contribution is 0.281. The van der Waals surface area contributed by atoms with E-state index in [1.807, 2.05) is 24.3 Å². The highest BCUT2D eigenvalue weighted by molar-refractivity contribution is 6.30. The summed E-state index contributed by atoms with van der Waals surface area (Å²) in [6, 6.07) is 17.2. The lowest BCUT2D eigenvalue weighted by atomic mass is 9.90. The largest absolute Gasteiger partial charge is 0.308 e. The Hall–Kier alpha value is -1.06. The van der Waals surface area contributed by atoms with Crippen LogP contribution in [-0.4, -0.2) is 12.1 Å². The molecule has 2 aromatic carbocycles. The third-order valence-corrected chi connectivity index (χ3v) is 5.23. The Morgan fingerprint density at radius 3 is 1.42 bits per heavy atom. The molecule has 0 aromatic heterocycles. The summed E-state index contributed by atoms with van der Waals surface area (Å²) in [5.41, 5.74) is 2.56. The Morgan fingerprint density at radius 1 is 0.667 bits per heavy atom. The van der Waals surface area contributed by atoms with Gasteiger partial charge in [0.1, 0.15) is 0 Å². The summed E-state index contributed by atoms with van der Waals surface area (Å²) in [6.45, 7) is 1.78. The summed E-state index contributed by atoms with van der Waals surface area (Å²) >= 11 is 11.9. The number of nitrogens with one attached hydrogen (secondary N) is 2. The van der Waals surface area contributed by atoms with Crippen molar-refractivity contribution in [2.45, 2.75) is 50.9 Å². The first-order valence-electron chi connectivity index (χ1n) is 8.66. The highest BCUT2D eigenvalue weighted by atomic mass is 35.5. The molecule has 128 valence electrons. The monoisotopic (exact) mass is 362 g/mol. The molecular formula is C20H24Cl2N2. The zero-order chi connectivity index (χ0) is 16.8. The first-order chi connectivity index (χ1) is 11.7. The van der Waals surface area contributed by atoms with Gasteiger partial charge in [-0.2, -0.15) is 0 Å². The standard InChI is InChI=1S/C20H24Cl2N2/c21-17-9-5-15(6-10-17)13-23-19-3-1-2-4-20(19)24-14-16-7-11-18(22)12-8-16/h5-12,19-20,23-24H,1-4,13-14H2. The molecule has 1 fully saturated rings. The molecule has 1 aliphatic rings. The molecule has 3 rings (SSSR count). The Balaban J connectivity index is 1.52. The summed E-state index contributed by atoms with van der Waals surface area (Å²) in [7, 11) is 0. The van der Waals surface area contributed by atoms with Crippen LogP contribution < -0.4 is 10.6 Å². The van der Waals surface area contributed by atoms with Crippen LogP contribution in [0.15, 0.2) is 48.5 Å². The lowest BCUT2D eigenvalue weighted by Gasteiger charge is -2.33. The van der Waals surface area contributed by atoms with Crippen LogP contribution in [-0.2, 0) is 13.1 Å². The van der Waals surface area contributed by atoms with Gasteiger partial charge in [0.15, 0.2) is 0 Å². The molecule has 0 bridgehead atoms. The van der Waals surface area contributed by atoms with Gasteiger partial charge in [0.2, 0.25) is 0 Å². The van der Waals surface area contributed by atoms with Gasteiger partial charge in [0.05, 0.1) is 0 Å². The van der Waals surface area contributed by atoms with Crippen molar-refractivity contribution in [3.05, 3.63) is 69.7 Å². The fourth-order valence-electron chi connectivity index (χ4n) is 3.32. The topological polar surface area (TPSA) is 24.1 Å². The van der Waals surface area contributed by atoms with E-state index in [2.05, 4.69) is 34.9 Å². The fourth-order valence-corrected chi connectivity index (χ4v) is 3.57. The van der Waals surface area contributed by atoms with Crippen LogP contribution in [0.3, 0.4) is 0 Å². The van der Waals surface area contributed by atoms with E-state index >= 15 is 0 Å². The first kappa shape index (κ1) is 17.8. The van der Waals surface area contributed by atoms with Crippen LogP contribution in [0.25, 0.3) is 0 Å².